The van der Waals surface area contributed by atoms with Crippen LogP contribution in [-0.4, -0.2) is 61.7 Å². The Bertz CT molecular complexity index is 691. The fourth-order valence-electron chi connectivity index (χ4n) is 3.31. The second kappa shape index (κ2) is 13.3. The topological polar surface area (TPSA) is 67.2 Å². The van der Waals surface area contributed by atoms with Crippen molar-refractivity contribution in [3.05, 3.63) is 50.1 Å². The summed E-state index contributed by atoms with van der Waals surface area (Å²) in [5.74, 6) is 0.833. The Balaban J connectivity index is 0.000000273. The number of piperidine rings is 1. The highest BCUT2D eigenvalue weighted by Gasteiger charge is 2.22. The van der Waals surface area contributed by atoms with Crippen molar-refractivity contribution in [3.63, 3.8) is 0 Å². The van der Waals surface area contributed by atoms with Crippen molar-refractivity contribution in [3.8, 4) is 0 Å². The molecule has 0 spiro atoms. The molecule has 6 nitrogen and oxygen atoms in total. The summed E-state index contributed by atoms with van der Waals surface area (Å²) < 4.78 is 13.1. The first-order valence-corrected chi connectivity index (χ1v) is 11.7. The second-order valence-corrected chi connectivity index (χ2v) is 8.93. The average Bonchev–Trinajstić information content (AvgIpc) is 3.21. The number of amides is 1. The summed E-state index contributed by atoms with van der Waals surface area (Å²) in [6, 6.07) is 0.649. The van der Waals surface area contributed by atoms with Crippen LogP contribution >= 0.6 is 0 Å². The fourth-order valence-corrected chi connectivity index (χ4v) is 4.18. The van der Waals surface area contributed by atoms with Crippen molar-refractivity contribution in [1.29, 1.82) is 0 Å². The molecule has 1 fully saturated rings. The average molecular weight is 421 g/mol. The number of carbonyl (C=O) groups excluding carboxylic acids is 1. The summed E-state index contributed by atoms with van der Waals surface area (Å²) in [5.41, 5.74) is 0. The van der Waals surface area contributed by atoms with E-state index in [9.17, 15) is 9.00 Å². The molecule has 3 rings (SSSR count). The van der Waals surface area contributed by atoms with Gasteiger partial charge < -0.3 is 14.8 Å². The van der Waals surface area contributed by atoms with Crippen LogP contribution in [0, 0.1) is 5.92 Å². The maximum atomic E-state index is 11.6. The minimum atomic E-state index is -0.607. The third kappa shape index (κ3) is 8.11. The number of fused-ring (bicyclic) bond motifs is 1. The monoisotopic (exact) mass is 420 g/mol. The van der Waals surface area contributed by atoms with Gasteiger partial charge in [0, 0.05) is 53.8 Å². The van der Waals surface area contributed by atoms with E-state index in [0.29, 0.717) is 24.4 Å². The number of likely N-dealkylation sites (tertiary alicyclic amines) is 1. The summed E-state index contributed by atoms with van der Waals surface area (Å²) in [5, 5.41) is 3.24. The van der Waals surface area contributed by atoms with Crippen LogP contribution in [0.1, 0.15) is 32.5 Å². The summed E-state index contributed by atoms with van der Waals surface area (Å²) in [6.07, 6.45) is 13.1. The third-order valence-electron chi connectivity index (χ3n) is 5.05. The lowest BCUT2D eigenvalue weighted by molar-refractivity contribution is -0.123. The van der Waals surface area contributed by atoms with E-state index >= 15 is 0 Å². The van der Waals surface area contributed by atoms with Crippen molar-refractivity contribution in [2.75, 3.05) is 25.9 Å². The lowest BCUT2D eigenvalue weighted by Gasteiger charge is -2.33. The third-order valence-corrected chi connectivity index (χ3v) is 6.46. The first-order chi connectivity index (χ1) is 13.9. The molecule has 2 unspecified atom stereocenters. The van der Waals surface area contributed by atoms with Crippen LogP contribution in [0.2, 0.25) is 0 Å². The molecular weight excluding hydrogens is 384 g/mol. The molecule has 2 atom stereocenters. The molecule has 0 aromatic carbocycles. The molecular formula is C22H36N4O2S. The van der Waals surface area contributed by atoms with Gasteiger partial charge in [0.05, 0.1) is 5.92 Å². The van der Waals surface area contributed by atoms with Gasteiger partial charge in [0.15, 0.2) is 0 Å². The van der Waals surface area contributed by atoms with Gasteiger partial charge in [-0.3, -0.25) is 9.00 Å². The fraction of sp³-hybridized carbons (Fsp3) is 0.545. The molecule has 1 N–H and O–H groups in total. The summed E-state index contributed by atoms with van der Waals surface area (Å²) in [7, 11) is -0.607. The minimum absolute atomic E-state index is 0.0329. The maximum Gasteiger partial charge on any atom is 0.228 e. The molecule has 7 heteroatoms. The molecule has 0 aliphatic carbocycles. The largest absolute Gasteiger partial charge is 0.352 e. The van der Waals surface area contributed by atoms with Gasteiger partial charge in [0.25, 0.3) is 0 Å². The molecule has 0 saturated carbocycles. The molecule has 1 aromatic rings. The Morgan fingerprint density at radius 3 is 2.59 bits per heavy atom. The molecule has 2 aliphatic heterocycles. The molecule has 0 radical (unpaired) electrons. The molecule has 1 saturated heterocycles. The highest BCUT2D eigenvalue weighted by molar-refractivity contribution is 7.84. The standard InChI is InChI=1S/C11H13N3O.C9H19NOS.C2H4/c1-2-5-13-11(15)9-3-4-10-12-6-7-14(10)8-9;1-8(2)10-6-4-9(5-7-10)12(3)11;1-2/h2-4,6-7,9H,1,5,8H2,(H,13,15);8-9H,4-7H2,1-3H3;1-2H2. The summed E-state index contributed by atoms with van der Waals surface area (Å²) >= 11 is 0. The van der Waals surface area contributed by atoms with Crippen LogP contribution in [0.5, 0.6) is 0 Å². The number of hydrogen-bond donors (Lipinski definition) is 1. The normalized spacial score (nSPS) is 19.8. The van der Waals surface area contributed by atoms with Crippen molar-refractivity contribution in [1.82, 2.24) is 19.8 Å². The van der Waals surface area contributed by atoms with E-state index in [2.05, 4.69) is 48.8 Å². The van der Waals surface area contributed by atoms with Gasteiger partial charge >= 0.3 is 0 Å². The van der Waals surface area contributed by atoms with Crippen molar-refractivity contribution < 1.29 is 9.00 Å². The number of aromatic nitrogens is 2. The lowest BCUT2D eigenvalue weighted by Crippen LogP contribution is -2.41. The Kier molecular flexibility index (Phi) is 11.5. The molecule has 1 amide bonds. The minimum Gasteiger partial charge on any atom is -0.352 e. The van der Waals surface area contributed by atoms with Crippen LogP contribution < -0.4 is 5.32 Å². The highest BCUT2D eigenvalue weighted by Crippen LogP contribution is 2.16. The maximum absolute atomic E-state index is 11.6. The van der Waals surface area contributed by atoms with Crippen LogP contribution in [0.15, 0.2) is 44.3 Å². The van der Waals surface area contributed by atoms with E-state index in [1.54, 1.807) is 12.3 Å². The highest BCUT2D eigenvalue weighted by atomic mass is 32.2. The van der Waals surface area contributed by atoms with Gasteiger partial charge in [0.1, 0.15) is 5.82 Å². The molecule has 2 aliphatic rings. The number of imidazole rings is 1. The first kappa shape index (κ1) is 25.0. The van der Waals surface area contributed by atoms with E-state index in [4.69, 9.17) is 0 Å². The van der Waals surface area contributed by atoms with Gasteiger partial charge in [-0.1, -0.05) is 12.2 Å². The van der Waals surface area contributed by atoms with E-state index in [1.807, 2.05) is 29.2 Å². The van der Waals surface area contributed by atoms with Crippen LogP contribution in [0.3, 0.4) is 0 Å². The van der Waals surface area contributed by atoms with Gasteiger partial charge in [0.2, 0.25) is 5.91 Å². The van der Waals surface area contributed by atoms with Crippen LogP contribution in [0.4, 0.5) is 0 Å². The van der Waals surface area contributed by atoms with E-state index in [-0.39, 0.29) is 11.8 Å². The molecule has 29 heavy (non-hydrogen) atoms. The first-order valence-electron chi connectivity index (χ1n) is 10.1. The molecule has 1 aromatic heterocycles. The van der Waals surface area contributed by atoms with E-state index in [0.717, 1.165) is 31.8 Å². The number of carbonyl (C=O) groups is 1. The Morgan fingerprint density at radius 2 is 2.03 bits per heavy atom. The SMILES string of the molecule is C=C.C=CCNC(=O)C1C=Cc2nccn2C1.CC(C)N1CCC(S(C)=O)CC1. The Morgan fingerprint density at radius 1 is 1.38 bits per heavy atom. The zero-order chi connectivity index (χ0) is 21.8. The van der Waals surface area contributed by atoms with Gasteiger partial charge in [-0.2, -0.15) is 0 Å². The van der Waals surface area contributed by atoms with Gasteiger partial charge in [-0.25, -0.2) is 4.98 Å². The van der Waals surface area contributed by atoms with Gasteiger partial charge in [-0.15, -0.1) is 19.7 Å². The Hall–Kier alpha value is -1.99. The van der Waals surface area contributed by atoms with Gasteiger partial charge in [-0.05, 0) is 45.9 Å². The van der Waals surface area contributed by atoms with Crippen LogP contribution in [-0.2, 0) is 22.1 Å². The number of rotatable bonds is 5. The predicted octanol–water partition coefficient (Wildman–Crippen LogP) is 2.87. The summed E-state index contributed by atoms with van der Waals surface area (Å²) in [6.45, 7) is 17.4. The van der Waals surface area contributed by atoms with E-state index < -0.39 is 10.8 Å². The van der Waals surface area contributed by atoms with Crippen molar-refractivity contribution in [2.24, 2.45) is 5.92 Å². The summed E-state index contributed by atoms with van der Waals surface area (Å²) in [4.78, 5) is 18.2. The number of nitrogens with zero attached hydrogens (tertiary/aromatic N) is 3. The molecule has 3 heterocycles. The van der Waals surface area contributed by atoms with Crippen molar-refractivity contribution in [2.45, 2.75) is 44.5 Å². The zero-order valence-corrected chi connectivity index (χ0v) is 18.9. The Labute approximate surface area is 178 Å². The molecule has 0 bridgehead atoms. The second-order valence-electron chi connectivity index (χ2n) is 7.26. The predicted molar refractivity (Wildman–Crippen MR) is 123 cm³/mol. The number of hydrogen-bond acceptors (Lipinski definition) is 4. The zero-order valence-electron chi connectivity index (χ0n) is 18.0. The lowest BCUT2D eigenvalue weighted by atomic mass is 10.1. The van der Waals surface area contributed by atoms with Crippen LogP contribution in [0.25, 0.3) is 6.08 Å². The smallest absolute Gasteiger partial charge is 0.228 e. The molecule has 162 valence electrons. The number of nitrogens with one attached hydrogen (secondary N) is 1. The van der Waals surface area contributed by atoms with Crippen molar-refractivity contribution >= 4 is 22.8 Å². The van der Waals surface area contributed by atoms with E-state index in [1.165, 1.54) is 0 Å². The quantitative estimate of drug-likeness (QED) is 0.744.